The van der Waals surface area contributed by atoms with Crippen LogP contribution in [-0.4, -0.2) is 37.1 Å². The number of halogens is 2. The molecule has 0 unspecified atom stereocenters. The number of anilines is 1. The highest BCUT2D eigenvalue weighted by atomic mass is 79.9. The summed E-state index contributed by atoms with van der Waals surface area (Å²) >= 11 is 3.68. The molecule has 6 heteroatoms. The molecule has 3 aliphatic rings. The number of nitrogens with zero attached hydrogens (tertiary/aromatic N) is 3. The molecule has 0 N–H and O–H groups in total. The Kier molecular flexibility index (Phi) is 5.30. The van der Waals surface area contributed by atoms with Gasteiger partial charge in [-0.2, -0.15) is 5.26 Å². The second-order valence-corrected chi connectivity index (χ2v) is 9.43. The van der Waals surface area contributed by atoms with Crippen LogP contribution in [0.3, 0.4) is 0 Å². The van der Waals surface area contributed by atoms with Gasteiger partial charge in [0.05, 0.1) is 17.8 Å². The van der Waals surface area contributed by atoms with Crippen LogP contribution in [0.1, 0.15) is 42.4 Å². The van der Waals surface area contributed by atoms with Crippen molar-refractivity contribution in [1.82, 2.24) is 4.90 Å². The van der Waals surface area contributed by atoms with Crippen molar-refractivity contribution in [3.05, 3.63) is 63.4 Å². The van der Waals surface area contributed by atoms with Gasteiger partial charge in [0.1, 0.15) is 11.9 Å². The van der Waals surface area contributed by atoms with E-state index in [9.17, 15) is 4.39 Å². The zero-order chi connectivity index (χ0) is 20.7. The maximum atomic E-state index is 14.0. The third kappa shape index (κ3) is 3.43. The lowest BCUT2D eigenvalue weighted by atomic mass is 9.77. The van der Waals surface area contributed by atoms with Crippen molar-refractivity contribution >= 4 is 21.6 Å². The normalized spacial score (nSPS) is 26.6. The Balaban J connectivity index is 1.20. The number of nitriles is 1. The molecule has 1 aliphatic carbocycles. The lowest BCUT2D eigenvalue weighted by Crippen LogP contribution is -2.52. The van der Waals surface area contributed by atoms with Crippen LogP contribution in [0.5, 0.6) is 0 Å². The average molecular weight is 470 g/mol. The number of ether oxygens (including phenoxy) is 1. The number of benzene rings is 2. The molecule has 2 aliphatic heterocycles. The zero-order valence-corrected chi connectivity index (χ0v) is 18.5. The van der Waals surface area contributed by atoms with E-state index in [1.807, 2.05) is 12.1 Å². The van der Waals surface area contributed by atoms with Gasteiger partial charge in [-0.3, -0.25) is 4.90 Å². The number of hydrogen-bond donors (Lipinski definition) is 0. The third-order valence-corrected chi connectivity index (χ3v) is 7.88. The molecule has 2 aromatic carbocycles. The molecule has 156 valence electrons. The quantitative estimate of drug-likeness (QED) is 0.623. The molecule has 0 bridgehead atoms. The molecule has 2 heterocycles. The van der Waals surface area contributed by atoms with Gasteiger partial charge in [0.2, 0.25) is 0 Å². The van der Waals surface area contributed by atoms with Gasteiger partial charge in [0.25, 0.3) is 0 Å². The minimum Gasteiger partial charge on any atom is -0.369 e. The van der Waals surface area contributed by atoms with Crippen LogP contribution >= 0.6 is 15.9 Å². The van der Waals surface area contributed by atoms with Gasteiger partial charge in [0, 0.05) is 42.4 Å². The molecular formula is C24H25BrFN3O. The molecule has 1 saturated carbocycles. The van der Waals surface area contributed by atoms with Crippen LogP contribution < -0.4 is 4.90 Å². The van der Waals surface area contributed by atoms with E-state index < -0.39 is 5.82 Å². The van der Waals surface area contributed by atoms with Gasteiger partial charge in [-0.25, -0.2) is 4.39 Å². The molecular weight excluding hydrogens is 445 g/mol. The molecule has 0 amide bonds. The maximum absolute atomic E-state index is 14.0. The summed E-state index contributed by atoms with van der Waals surface area (Å²) in [6.07, 6.45) is 4.44. The van der Waals surface area contributed by atoms with Crippen molar-refractivity contribution in [1.29, 1.82) is 5.26 Å². The fraction of sp³-hybridized carbons (Fsp3) is 0.458. The van der Waals surface area contributed by atoms with E-state index in [4.69, 9.17) is 10.00 Å². The highest BCUT2D eigenvalue weighted by Gasteiger charge is 2.44. The van der Waals surface area contributed by atoms with Gasteiger partial charge in [-0.15, -0.1) is 0 Å². The van der Waals surface area contributed by atoms with E-state index in [-0.39, 0.29) is 11.2 Å². The summed E-state index contributed by atoms with van der Waals surface area (Å²) < 4.78 is 21.5. The van der Waals surface area contributed by atoms with Crippen LogP contribution in [0.4, 0.5) is 10.1 Å². The minimum absolute atomic E-state index is 0.0998. The van der Waals surface area contributed by atoms with E-state index in [1.165, 1.54) is 17.2 Å². The predicted molar refractivity (Wildman–Crippen MR) is 118 cm³/mol. The number of piperazine rings is 1. The summed E-state index contributed by atoms with van der Waals surface area (Å²) in [4.78, 5) is 4.82. The van der Waals surface area contributed by atoms with Gasteiger partial charge in [-0.05, 0) is 61.1 Å². The zero-order valence-electron chi connectivity index (χ0n) is 16.9. The van der Waals surface area contributed by atoms with Crippen LogP contribution in [0.25, 0.3) is 0 Å². The molecule has 1 spiro atoms. The molecule has 0 radical (unpaired) electrons. The van der Waals surface area contributed by atoms with Crippen LogP contribution in [0, 0.1) is 17.1 Å². The topological polar surface area (TPSA) is 39.5 Å². The van der Waals surface area contributed by atoms with Crippen LogP contribution in [0.2, 0.25) is 0 Å². The molecule has 0 atom stereocenters. The Bertz CT molecular complexity index is 988. The van der Waals surface area contributed by atoms with Gasteiger partial charge in [0.15, 0.2) is 0 Å². The lowest BCUT2D eigenvalue weighted by molar-refractivity contribution is -0.0777. The smallest absolute Gasteiger partial charge is 0.143 e. The number of rotatable bonds is 2. The van der Waals surface area contributed by atoms with Crippen molar-refractivity contribution < 1.29 is 9.13 Å². The van der Waals surface area contributed by atoms with Crippen molar-refractivity contribution in [3.63, 3.8) is 0 Å². The molecule has 5 rings (SSSR count). The summed E-state index contributed by atoms with van der Waals surface area (Å²) in [5.41, 5.74) is 3.58. The van der Waals surface area contributed by atoms with Crippen molar-refractivity contribution in [3.8, 4) is 6.07 Å². The van der Waals surface area contributed by atoms with Gasteiger partial charge in [-0.1, -0.05) is 28.1 Å². The lowest BCUT2D eigenvalue weighted by Gasteiger charge is -2.45. The largest absolute Gasteiger partial charge is 0.369 e. The summed E-state index contributed by atoms with van der Waals surface area (Å²) in [6.45, 7) is 4.46. The van der Waals surface area contributed by atoms with Gasteiger partial charge >= 0.3 is 0 Å². The molecule has 2 fully saturated rings. The average Bonchev–Trinajstić information content (AvgIpc) is 3.14. The fourth-order valence-corrected chi connectivity index (χ4v) is 5.89. The second kappa shape index (κ2) is 7.96. The van der Waals surface area contributed by atoms with Crippen molar-refractivity contribution in [2.45, 2.75) is 43.9 Å². The van der Waals surface area contributed by atoms with E-state index in [1.54, 1.807) is 6.07 Å². The molecule has 4 nitrogen and oxygen atoms in total. The molecule has 2 aromatic rings. The Morgan fingerprint density at radius 2 is 1.87 bits per heavy atom. The van der Waals surface area contributed by atoms with E-state index in [0.29, 0.717) is 12.6 Å². The molecule has 1 saturated heterocycles. The van der Waals surface area contributed by atoms with Crippen LogP contribution in [-0.2, 0) is 16.9 Å². The third-order valence-electron chi connectivity index (χ3n) is 7.13. The SMILES string of the molecule is N#Cc1ccc(N2CCN([C@H]3CC[C@@]4(CC3)OCc3c(Br)cccc34)CC2)cc1F. The van der Waals surface area contributed by atoms with Crippen molar-refractivity contribution in [2.75, 3.05) is 31.1 Å². The minimum atomic E-state index is -0.432. The summed E-state index contributed by atoms with van der Waals surface area (Å²) in [6, 6.07) is 13.9. The second-order valence-electron chi connectivity index (χ2n) is 8.58. The highest BCUT2D eigenvalue weighted by molar-refractivity contribution is 9.10. The summed E-state index contributed by atoms with van der Waals surface area (Å²) in [5, 5.41) is 8.92. The first-order valence-corrected chi connectivity index (χ1v) is 11.5. The van der Waals surface area contributed by atoms with Crippen LogP contribution in [0.15, 0.2) is 40.9 Å². The van der Waals surface area contributed by atoms with E-state index in [0.717, 1.165) is 62.0 Å². The van der Waals surface area contributed by atoms with Gasteiger partial charge < -0.3 is 9.64 Å². The Labute approximate surface area is 185 Å². The molecule has 30 heavy (non-hydrogen) atoms. The highest BCUT2D eigenvalue weighted by Crippen LogP contribution is 2.49. The van der Waals surface area contributed by atoms with E-state index >= 15 is 0 Å². The summed E-state index contributed by atoms with van der Waals surface area (Å²) in [5.74, 6) is -0.432. The molecule has 0 aromatic heterocycles. The maximum Gasteiger partial charge on any atom is 0.143 e. The first-order valence-electron chi connectivity index (χ1n) is 10.7. The predicted octanol–water partition coefficient (Wildman–Crippen LogP) is 4.95. The first-order chi connectivity index (χ1) is 14.6. The van der Waals surface area contributed by atoms with Crippen molar-refractivity contribution in [2.24, 2.45) is 0 Å². The Hall–Kier alpha value is -1.94. The monoisotopic (exact) mass is 469 g/mol. The first kappa shape index (κ1) is 20.0. The fourth-order valence-electron chi connectivity index (χ4n) is 5.40. The Morgan fingerprint density at radius 3 is 2.57 bits per heavy atom. The number of fused-ring (bicyclic) bond motifs is 2. The summed E-state index contributed by atoms with van der Waals surface area (Å²) in [7, 11) is 0. The standard InChI is InChI=1S/C24H25BrFN3O/c25-22-3-1-2-21-20(22)16-30-24(21)8-6-18(7-9-24)28-10-12-29(13-11-28)19-5-4-17(15-27)23(26)14-19/h1-5,14,18H,6-13,16H2/t18-,24-. The number of hydrogen-bond acceptors (Lipinski definition) is 4. The Morgan fingerprint density at radius 1 is 1.10 bits per heavy atom. The van der Waals surface area contributed by atoms with E-state index in [2.05, 4.69) is 43.9 Å².